The molecule has 1 rings (SSSR count). The van der Waals surface area contributed by atoms with E-state index in [-0.39, 0.29) is 6.04 Å². The van der Waals surface area contributed by atoms with Crippen LogP contribution < -0.4 is 11.1 Å². The Morgan fingerprint density at radius 1 is 1.47 bits per heavy atom. The zero-order valence-electron chi connectivity index (χ0n) is 12.4. The molecule has 5 nitrogen and oxygen atoms in total. The van der Waals surface area contributed by atoms with Crippen molar-refractivity contribution < 1.29 is 13.9 Å². The Balaban J connectivity index is 2.59. The molecule has 0 aliphatic rings. The van der Waals surface area contributed by atoms with Crippen LogP contribution in [0.15, 0.2) is 10.5 Å². The summed E-state index contributed by atoms with van der Waals surface area (Å²) in [6, 6.07) is 1.81. The number of furan rings is 1. The van der Waals surface area contributed by atoms with Crippen LogP contribution in [0.25, 0.3) is 0 Å². The minimum Gasteiger partial charge on any atom is -0.466 e. The zero-order chi connectivity index (χ0) is 14.6. The largest absolute Gasteiger partial charge is 0.466 e. The highest BCUT2D eigenvalue weighted by Gasteiger charge is 2.20. The summed E-state index contributed by atoms with van der Waals surface area (Å²) in [6.07, 6.45) is 0.194. The Bertz CT molecular complexity index is 432. The molecule has 1 unspecified atom stereocenters. The molecule has 1 amide bonds. The SMILES string of the molecule is Cc1cc(CC(CN)NC(=O)OC(C)(C)C)c(C)o1. The average molecular weight is 268 g/mol. The monoisotopic (exact) mass is 268 g/mol. The minimum atomic E-state index is -0.509. The van der Waals surface area contributed by atoms with Crippen molar-refractivity contribution >= 4 is 6.09 Å². The van der Waals surface area contributed by atoms with Gasteiger partial charge in [0.15, 0.2) is 0 Å². The summed E-state index contributed by atoms with van der Waals surface area (Å²) in [6.45, 7) is 9.64. The van der Waals surface area contributed by atoms with Crippen LogP contribution in [0.5, 0.6) is 0 Å². The number of aryl methyl sites for hydroxylation is 2. The van der Waals surface area contributed by atoms with Gasteiger partial charge in [-0.25, -0.2) is 4.79 Å². The fraction of sp³-hybridized carbons (Fsp3) is 0.643. The Morgan fingerprint density at radius 2 is 2.11 bits per heavy atom. The second-order valence-corrected chi connectivity index (χ2v) is 5.72. The first kappa shape index (κ1) is 15.6. The van der Waals surface area contributed by atoms with Gasteiger partial charge in [0, 0.05) is 12.6 Å². The number of carbonyl (C=O) groups excluding carboxylic acids is 1. The molecule has 0 saturated heterocycles. The fourth-order valence-electron chi connectivity index (χ4n) is 1.82. The number of ether oxygens (including phenoxy) is 1. The topological polar surface area (TPSA) is 77.5 Å². The predicted octanol–water partition coefficient (Wildman–Crippen LogP) is 2.29. The summed E-state index contributed by atoms with van der Waals surface area (Å²) >= 11 is 0. The molecule has 0 aromatic carbocycles. The highest BCUT2D eigenvalue weighted by molar-refractivity contribution is 5.68. The van der Waals surface area contributed by atoms with Crippen molar-refractivity contribution in [1.29, 1.82) is 0 Å². The maximum atomic E-state index is 11.7. The summed E-state index contributed by atoms with van der Waals surface area (Å²) in [4.78, 5) is 11.7. The fourth-order valence-corrected chi connectivity index (χ4v) is 1.82. The van der Waals surface area contributed by atoms with E-state index in [2.05, 4.69) is 5.32 Å². The maximum absolute atomic E-state index is 11.7. The van der Waals surface area contributed by atoms with Crippen LogP contribution in [0, 0.1) is 13.8 Å². The number of nitrogens with two attached hydrogens (primary N) is 1. The van der Waals surface area contributed by atoms with E-state index >= 15 is 0 Å². The molecule has 0 aliphatic carbocycles. The number of nitrogens with one attached hydrogen (secondary N) is 1. The van der Waals surface area contributed by atoms with Crippen LogP contribution in [0.3, 0.4) is 0 Å². The van der Waals surface area contributed by atoms with Crippen molar-refractivity contribution in [2.75, 3.05) is 6.54 Å². The first-order valence-corrected chi connectivity index (χ1v) is 6.46. The third-order valence-electron chi connectivity index (χ3n) is 2.62. The standard InChI is InChI=1S/C14H24N2O3/c1-9-6-11(10(2)18-9)7-12(8-15)16-13(17)19-14(3,4)5/h6,12H,7-8,15H2,1-5H3,(H,16,17). The molecular weight excluding hydrogens is 244 g/mol. The summed E-state index contributed by atoms with van der Waals surface area (Å²) in [5.74, 6) is 1.72. The molecule has 0 bridgehead atoms. The normalized spacial score (nSPS) is 13.2. The van der Waals surface area contributed by atoms with E-state index in [1.807, 2.05) is 40.7 Å². The van der Waals surface area contributed by atoms with Gasteiger partial charge in [0.2, 0.25) is 0 Å². The Hall–Kier alpha value is -1.49. The summed E-state index contributed by atoms with van der Waals surface area (Å²) < 4.78 is 10.7. The Kier molecular flexibility index (Phi) is 5.00. The summed E-state index contributed by atoms with van der Waals surface area (Å²) in [5, 5.41) is 2.78. The molecule has 19 heavy (non-hydrogen) atoms. The smallest absolute Gasteiger partial charge is 0.407 e. The maximum Gasteiger partial charge on any atom is 0.407 e. The number of amides is 1. The van der Waals surface area contributed by atoms with Crippen molar-refractivity contribution in [2.24, 2.45) is 5.73 Å². The van der Waals surface area contributed by atoms with E-state index in [4.69, 9.17) is 14.9 Å². The Labute approximate surface area is 114 Å². The molecule has 0 aliphatic heterocycles. The zero-order valence-corrected chi connectivity index (χ0v) is 12.4. The first-order chi connectivity index (χ1) is 8.71. The van der Waals surface area contributed by atoms with Gasteiger partial charge in [-0.05, 0) is 52.7 Å². The second kappa shape index (κ2) is 6.10. The number of carbonyl (C=O) groups is 1. The molecule has 1 heterocycles. The lowest BCUT2D eigenvalue weighted by Gasteiger charge is -2.22. The van der Waals surface area contributed by atoms with Gasteiger partial charge in [0.1, 0.15) is 17.1 Å². The minimum absolute atomic E-state index is 0.162. The predicted molar refractivity (Wildman–Crippen MR) is 74.1 cm³/mol. The molecule has 0 radical (unpaired) electrons. The highest BCUT2D eigenvalue weighted by Crippen LogP contribution is 2.15. The van der Waals surface area contributed by atoms with Crippen LogP contribution in [0.4, 0.5) is 4.79 Å². The van der Waals surface area contributed by atoms with E-state index in [1.54, 1.807) is 0 Å². The van der Waals surface area contributed by atoms with E-state index in [0.717, 1.165) is 17.1 Å². The molecule has 0 fully saturated rings. The number of hydrogen-bond donors (Lipinski definition) is 2. The van der Waals surface area contributed by atoms with E-state index < -0.39 is 11.7 Å². The first-order valence-electron chi connectivity index (χ1n) is 6.46. The van der Waals surface area contributed by atoms with Gasteiger partial charge >= 0.3 is 6.09 Å². The number of hydrogen-bond acceptors (Lipinski definition) is 4. The molecule has 1 aromatic heterocycles. The van der Waals surface area contributed by atoms with Crippen LogP contribution in [-0.4, -0.2) is 24.3 Å². The highest BCUT2D eigenvalue weighted by atomic mass is 16.6. The Morgan fingerprint density at radius 3 is 2.53 bits per heavy atom. The van der Waals surface area contributed by atoms with Crippen LogP contribution in [-0.2, 0) is 11.2 Å². The van der Waals surface area contributed by atoms with Crippen molar-refractivity contribution in [3.63, 3.8) is 0 Å². The molecule has 3 N–H and O–H groups in total. The van der Waals surface area contributed by atoms with Crippen molar-refractivity contribution in [1.82, 2.24) is 5.32 Å². The van der Waals surface area contributed by atoms with Gasteiger partial charge in [0.05, 0.1) is 0 Å². The van der Waals surface area contributed by atoms with Gasteiger partial charge in [-0.1, -0.05) is 0 Å². The molecule has 1 aromatic rings. The molecule has 5 heteroatoms. The van der Waals surface area contributed by atoms with Crippen LogP contribution in [0.1, 0.15) is 37.9 Å². The van der Waals surface area contributed by atoms with Crippen LogP contribution in [0.2, 0.25) is 0 Å². The van der Waals surface area contributed by atoms with Gasteiger partial charge in [-0.15, -0.1) is 0 Å². The summed E-state index contributed by atoms with van der Waals surface area (Å²) in [7, 11) is 0. The quantitative estimate of drug-likeness (QED) is 0.878. The lowest BCUT2D eigenvalue weighted by molar-refractivity contribution is 0.0506. The van der Waals surface area contributed by atoms with Gasteiger partial charge < -0.3 is 20.2 Å². The average Bonchev–Trinajstić information content (AvgIpc) is 2.53. The lowest BCUT2D eigenvalue weighted by atomic mass is 10.1. The second-order valence-electron chi connectivity index (χ2n) is 5.72. The molecule has 108 valence electrons. The van der Waals surface area contributed by atoms with E-state index in [1.165, 1.54) is 0 Å². The third-order valence-corrected chi connectivity index (χ3v) is 2.62. The van der Waals surface area contributed by atoms with Gasteiger partial charge in [0.25, 0.3) is 0 Å². The van der Waals surface area contributed by atoms with Gasteiger partial charge in [-0.3, -0.25) is 0 Å². The van der Waals surface area contributed by atoms with Crippen molar-refractivity contribution in [3.05, 3.63) is 23.2 Å². The molecular formula is C14H24N2O3. The lowest BCUT2D eigenvalue weighted by Crippen LogP contribution is -2.44. The number of rotatable bonds is 4. The third kappa shape index (κ3) is 5.34. The van der Waals surface area contributed by atoms with Gasteiger partial charge in [-0.2, -0.15) is 0 Å². The molecule has 0 spiro atoms. The van der Waals surface area contributed by atoms with E-state index in [0.29, 0.717) is 13.0 Å². The summed E-state index contributed by atoms with van der Waals surface area (Å²) in [5.41, 5.74) is 6.24. The van der Waals surface area contributed by atoms with Crippen molar-refractivity contribution in [2.45, 2.75) is 52.7 Å². The molecule has 0 saturated carbocycles. The number of alkyl carbamates (subject to hydrolysis) is 1. The molecule has 1 atom stereocenters. The van der Waals surface area contributed by atoms with Crippen molar-refractivity contribution in [3.8, 4) is 0 Å². The van der Waals surface area contributed by atoms with Crippen LogP contribution >= 0.6 is 0 Å². The van der Waals surface area contributed by atoms with E-state index in [9.17, 15) is 4.79 Å².